The number of rotatable bonds is 7. The second-order valence-corrected chi connectivity index (χ2v) is 6.46. The van der Waals surface area contributed by atoms with E-state index in [0.717, 1.165) is 18.5 Å². The van der Waals surface area contributed by atoms with Crippen LogP contribution >= 0.6 is 11.3 Å². The van der Waals surface area contributed by atoms with E-state index in [1.54, 1.807) is 11.3 Å². The molecule has 1 amide bonds. The molecule has 0 atom stereocenters. The van der Waals surface area contributed by atoms with Gasteiger partial charge in [-0.25, -0.2) is 4.98 Å². The summed E-state index contributed by atoms with van der Waals surface area (Å²) in [7, 11) is 0. The van der Waals surface area contributed by atoms with Crippen molar-refractivity contribution in [2.45, 2.75) is 44.6 Å². The minimum atomic E-state index is 0.118. The lowest BCUT2D eigenvalue weighted by molar-refractivity contribution is -0.121. The Bertz CT molecular complexity index is 590. The standard InChI is InChI=1S/C17H20N2OS/c20-16(8-4-7-13-5-2-1-3-6-13)18-11-15-12-21-17(19-15)14-9-10-14/h1-3,5-6,12,14H,4,7-11H2,(H,18,20). The largest absolute Gasteiger partial charge is 0.350 e. The van der Waals surface area contributed by atoms with Gasteiger partial charge in [0.1, 0.15) is 0 Å². The smallest absolute Gasteiger partial charge is 0.220 e. The van der Waals surface area contributed by atoms with E-state index in [1.807, 2.05) is 18.2 Å². The van der Waals surface area contributed by atoms with Crippen LogP contribution in [0.15, 0.2) is 35.7 Å². The quantitative estimate of drug-likeness (QED) is 0.848. The topological polar surface area (TPSA) is 42.0 Å². The van der Waals surface area contributed by atoms with Crippen molar-refractivity contribution in [3.05, 3.63) is 52.0 Å². The second kappa shape index (κ2) is 6.85. The van der Waals surface area contributed by atoms with E-state index in [4.69, 9.17) is 0 Å². The summed E-state index contributed by atoms with van der Waals surface area (Å²) < 4.78 is 0. The zero-order valence-electron chi connectivity index (χ0n) is 12.0. The molecule has 3 nitrogen and oxygen atoms in total. The molecule has 1 aromatic heterocycles. The zero-order chi connectivity index (χ0) is 14.5. The third kappa shape index (κ3) is 4.39. The molecule has 21 heavy (non-hydrogen) atoms. The highest BCUT2D eigenvalue weighted by Gasteiger charge is 2.26. The van der Waals surface area contributed by atoms with E-state index in [-0.39, 0.29) is 5.91 Å². The van der Waals surface area contributed by atoms with E-state index in [9.17, 15) is 4.79 Å². The molecule has 1 heterocycles. The number of benzene rings is 1. The third-order valence-electron chi connectivity index (χ3n) is 3.67. The number of hydrogen-bond acceptors (Lipinski definition) is 3. The minimum absolute atomic E-state index is 0.118. The Labute approximate surface area is 129 Å². The molecular formula is C17H20N2OS. The first-order valence-electron chi connectivity index (χ1n) is 7.56. The Kier molecular flexibility index (Phi) is 4.65. The number of aryl methyl sites for hydroxylation is 1. The molecule has 110 valence electrons. The predicted molar refractivity (Wildman–Crippen MR) is 85.3 cm³/mol. The first-order chi connectivity index (χ1) is 10.3. The summed E-state index contributed by atoms with van der Waals surface area (Å²) >= 11 is 1.72. The zero-order valence-corrected chi connectivity index (χ0v) is 12.9. The molecule has 0 spiro atoms. The van der Waals surface area contributed by atoms with E-state index in [1.165, 1.54) is 23.4 Å². The monoisotopic (exact) mass is 300 g/mol. The van der Waals surface area contributed by atoms with Crippen LogP contribution in [0.5, 0.6) is 0 Å². The summed E-state index contributed by atoms with van der Waals surface area (Å²) in [5, 5.41) is 6.27. The Morgan fingerprint density at radius 1 is 1.29 bits per heavy atom. The van der Waals surface area contributed by atoms with Crippen LogP contribution in [0.4, 0.5) is 0 Å². The summed E-state index contributed by atoms with van der Waals surface area (Å²) in [6.07, 6.45) is 4.98. The SMILES string of the molecule is O=C(CCCc1ccccc1)NCc1csc(C2CC2)n1. The van der Waals surface area contributed by atoms with Crippen LogP contribution in [-0.2, 0) is 17.8 Å². The van der Waals surface area contributed by atoms with Crippen molar-refractivity contribution in [3.8, 4) is 0 Å². The summed E-state index contributed by atoms with van der Waals surface area (Å²) in [5.74, 6) is 0.817. The molecule has 0 bridgehead atoms. The average molecular weight is 300 g/mol. The van der Waals surface area contributed by atoms with Gasteiger partial charge in [0.25, 0.3) is 0 Å². The van der Waals surface area contributed by atoms with Gasteiger partial charge < -0.3 is 5.32 Å². The van der Waals surface area contributed by atoms with Gasteiger partial charge in [-0.1, -0.05) is 30.3 Å². The molecule has 0 radical (unpaired) electrons. The summed E-state index contributed by atoms with van der Waals surface area (Å²) in [4.78, 5) is 16.4. The van der Waals surface area contributed by atoms with Crippen molar-refractivity contribution < 1.29 is 4.79 Å². The summed E-state index contributed by atoms with van der Waals surface area (Å²) in [6.45, 7) is 0.563. The average Bonchev–Trinajstić information content (AvgIpc) is 3.25. The predicted octanol–water partition coefficient (Wildman–Crippen LogP) is 3.66. The molecular weight excluding hydrogens is 280 g/mol. The van der Waals surface area contributed by atoms with Crippen molar-refractivity contribution in [1.29, 1.82) is 0 Å². The number of carbonyl (C=O) groups excluding carboxylic acids is 1. The number of thiazole rings is 1. The van der Waals surface area contributed by atoms with Crippen LogP contribution in [0.3, 0.4) is 0 Å². The molecule has 0 saturated heterocycles. The first-order valence-corrected chi connectivity index (χ1v) is 8.44. The van der Waals surface area contributed by atoms with Crippen LogP contribution < -0.4 is 5.32 Å². The number of nitrogens with zero attached hydrogens (tertiary/aromatic N) is 1. The van der Waals surface area contributed by atoms with Gasteiger partial charge in [0.05, 0.1) is 17.2 Å². The molecule has 2 aromatic rings. The van der Waals surface area contributed by atoms with Crippen molar-refractivity contribution >= 4 is 17.2 Å². The molecule has 1 aliphatic carbocycles. The van der Waals surface area contributed by atoms with E-state index < -0.39 is 0 Å². The van der Waals surface area contributed by atoms with Crippen molar-refractivity contribution in [2.24, 2.45) is 0 Å². The molecule has 1 aromatic carbocycles. The third-order valence-corrected chi connectivity index (χ3v) is 4.73. The maximum Gasteiger partial charge on any atom is 0.220 e. The maximum absolute atomic E-state index is 11.8. The molecule has 4 heteroatoms. The number of nitrogens with one attached hydrogen (secondary N) is 1. The summed E-state index contributed by atoms with van der Waals surface area (Å²) in [5.41, 5.74) is 2.29. The van der Waals surface area contributed by atoms with Crippen molar-refractivity contribution in [1.82, 2.24) is 10.3 Å². The molecule has 0 aliphatic heterocycles. The van der Waals surface area contributed by atoms with E-state index >= 15 is 0 Å². The van der Waals surface area contributed by atoms with Gasteiger partial charge in [-0.05, 0) is 31.2 Å². The minimum Gasteiger partial charge on any atom is -0.350 e. The number of hydrogen-bond donors (Lipinski definition) is 1. The van der Waals surface area contributed by atoms with Gasteiger partial charge in [-0.2, -0.15) is 0 Å². The molecule has 1 fully saturated rings. The molecule has 1 aliphatic rings. The highest BCUT2D eigenvalue weighted by atomic mass is 32.1. The van der Waals surface area contributed by atoms with Crippen molar-refractivity contribution in [3.63, 3.8) is 0 Å². The Hall–Kier alpha value is -1.68. The van der Waals surface area contributed by atoms with Crippen LogP contribution in [-0.4, -0.2) is 10.9 Å². The maximum atomic E-state index is 11.8. The van der Waals surface area contributed by atoms with Gasteiger partial charge in [0, 0.05) is 17.7 Å². The molecule has 1 N–H and O–H groups in total. The van der Waals surface area contributed by atoms with Crippen LogP contribution in [0.1, 0.15) is 47.9 Å². The lowest BCUT2D eigenvalue weighted by atomic mass is 10.1. The Morgan fingerprint density at radius 3 is 2.86 bits per heavy atom. The van der Waals surface area contributed by atoms with Crippen molar-refractivity contribution in [2.75, 3.05) is 0 Å². The highest BCUT2D eigenvalue weighted by Crippen LogP contribution is 2.41. The lowest BCUT2D eigenvalue weighted by Crippen LogP contribution is -2.22. The molecule has 3 rings (SSSR count). The van der Waals surface area contributed by atoms with Gasteiger partial charge in [-0.3, -0.25) is 4.79 Å². The summed E-state index contributed by atoms with van der Waals surface area (Å²) in [6, 6.07) is 10.3. The normalized spacial score (nSPS) is 14.1. The lowest BCUT2D eigenvalue weighted by Gasteiger charge is -2.03. The van der Waals surface area contributed by atoms with Crippen LogP contribution in [0, 0.1) is 0 Å². The Balaban J connectivity index is 1.35. The fraction of sp³-hybridized carbons (Fsp3) is 0.412. The molecule has 1 saturated carbocycles. The second-order valence-electron chi connectivity index (χ2n) is 5.57. The van der Waals surface area contributed by atoms with Crippen LogP contribution in [0.25, 0.3) is 0 Å². The Morgan fingerprint density at radius 2 is 2.10 bits per heavy atom. The fourth-order valence-corrected chi connectivity index (χ4v) is 3.29. The highest BCUT2D eigenvalue weighted by molar-refractivity contribution is 7.09. The van der Waals surface area contributed by atoms with E-state index in [0.29, 0.717) is 18.9 Å². The van der Waals surface area contributed by atoms with Crippen LogP contribution in [0.2, 0.25) is 0 Å². The van der Waals surface area contributed by atoms with E-state index in [2.05, 4.69) is 27.8 Å². The first kappa shape index (κ1) is 14.3. The fourth-order valence-electron chi connectivity index (χ4n) is 2.30. The van der Waals surface area contributed by atoms with Gasteiger partial charge in [-0.15, -0.1) is 11.3 Å². The number of amides is 1. The number of aromatic nitrogens is 1. The number of carbonyl (C=O) groups is 1. The van der Waals surface area contributed by atoms with Gasteiger partial charge in [0.15, 0.2) is 0 Å². The molecule has 0 unspecified atom stereocenters. The van der Waals surface area contributed by atoms with Gasteiger partial charge in [0.2, 0.25) is 5.91 Å². The van der Waals surface area contributed by atoms with Gasteiger partial charge >= 0.3 is 0 Å².